The molecule has 57 heavy (non-hydrogen) atoms. The Labute approximate surface area is 344 Å². The molecule has 6 rings (SSSR count). The molecular weight excluding hydrogens is 780 g/mol. The van der Waals surface area contributed by atoms with E-state index in [1.807, 2.05) is 86.6 Å². The van der Waals surface area contributed by atoms with Crippen LogP contribution in [0.15, 0.2) is 131 Å². The molecule has 0 spiro atoms. The summed E-state index contributed by atoms with van der Waals surface area (Å²) in [6.07, 6.45) is 0.669. The molecule has 5 aromatic rings. The van der Waals surface area contributed by atoms with Crippen LogP contribution in [0.3, 0.4) is 0 Å². The van der Waals surface area contributed by atoms with Crippen LogP contribution in [0.4, 0.5) is 17.1 Å². The number of amides is 1. The number of anilines is 2. The summed E-state index contributed by atoms with van der Waals surface area (Å²) in [6.45, 7) is 6.67. The van der Waals surface area contributed by atoms with E-state index in [0.717, 1.165) is 67.0 Å². The summed E-state index contributed by atoms with van der Waals surface area (Å²) < 4.78 is 28.9. The summed E-state index contributed by atoms with van der Waals surface area (Å²) in [5.74, 6) is -0.228. The van der Waals surface area contributed by atoms with E-state index >= 15 is 0 Å². The van der Waals surface area contributed by atoms with E-state index < -0.39 is 32.1 Å². The van der Waals surface area contributed by atoms with Crippen LogP contribution in [0.5, 0.6) is 0 Å². The van der Waals surface area contributed by atoms with Gasteiger partial charge in [-0.25, -0.2) is 13.1 Å². The number of thioether (sulfide) groups is 1. The van der Waals surface area contributed by atoms with Gasteiger partial charge in [-0.3, -0.25) is 19.8 Å². The molecule has 0 radical (unpaired) electrons. The Bertz CT molecular complexity index is 2270. The molecule has 5 aromatic carbocycles. The molecule has 0 saturated carbocycles. The molecule has 0 aromatic heterocycles. The summed E-state index contributed by atoms with van der Waals surface area (Å²) >= 11 is 8.02. The number of piperazine rings is 1. The van der Waals surface area contributed by atoms with Gasteiger partial charge >= 0.3 is 0 Å². The highest BCUT2D eigenvalue weighted by atomic mass is 35.5. The van der Waals surface area contributed by atoms with Crippen molar-refractivity contribution in [2.75, 3.05) is 62.8 Å². The minimum Gasteiger partial charge on any atom is -0.373 e. The zero-order chi connectivity index (χ0) is 40.6. The number of carbonyl (C=O) groups is 1. The molecule has 1 amide bonds. The third-order valence-electron chi connectivity index (χ3n) is 9.96. The normalized spacial score (nSPS) is 14.6. The SMILES string of the molecule is CN(C)CC[C@@](C)(CSc1ccccc1)Nc1ccc(S(=O)(=O)NC(=O)c2ccc(N3CCN(Cc4cc(Cl)ccc4-c4ccccc4)CC3)cc2)cc1[N+](=O)[O-]. The zero-order valence-corrected chi connectivity index (χ0v) is 34.6. The predicted octanol–water partition coefficient (Wildman–Crippen LogP) is 8.27. The lowest BCUT2D eigenvalue weighted by molar-refractivity contribution is -0.384. The molecule has 1 fully saturated rings. The predicted molar refractivity (Wildman–Crippen MR) is 231 cm³/mol. The van der Waals surface area contributed by atoms with Crippen molar-refractivity contribution in [3.63, 3.8) is 0 Å². The number of hydrogen-bond acceptors (Lipinski definition) is 10. The van der Waals surface area contributed by atoms with Gasteiger partial charge in [-0.05, 0) is 111 Å². The van der Waals surface area contributed by atoms with Crippen LogP contribution in [0, 0.1) is 10.1 Å². The number of rotatable bonds is 16. The summed E-state index contributed by atoms with van der Waals surface area (Å²) in [5.41, 5.74) is 3.76. The number of benzene rings is 5. The van der Waals surface area contributed by atoms with Crippen LogP contribution in [-0.4, -0.2) is 87.2 Å². The third-order valence-corrected chi connectivity index (χ3v) is 12.9. The van der Waals surface area contributed by atoms with E-state index in [9.17, 15) is 23.3 Å². The van der Waals surface area contributed by atoms with Gasteiger partial charge in [-0.15, -0.1) is 11.8 Å². The fourth-order valence-corrected chi connectivity index (χ4v) is 8.96. The Kier molecular flexibility index (Phi) is 13.6. The van der Waals surface area contributed by atoms with E-state index in [1.165, 1.54) is 17.7 Å². The molecule has 1 saturated heterocycles. The topological polar surface area (TPSA) is 128 Å². The van der Waals surface area contributed by atoms with Crippen molar-refractivity contribution in [3.05, 3.63) is 148 Å². The maximum absolute atomic E-state index is 13.4. The minimum absolute atomic E-state index is 0.149. The molecular formula is C43H47ClN6O5S2. The van der Waals surface area contributed by atoms with Crippen LogP contribution in [0.25, 0.3) is 11.1 Å². The Hall–Kier alpha value is -4.92. The van der Waals surface area contributed by atoms with Crippen LogP contribution >= 0.6 is 23.4 Å². The van der Waals surface area contributed by atoms with E-state index in [-0.39, 0.29) is 16.1 Å². The van der Waals surface area contributed by atoms with Gasteiger partial charge in [-0.1, -0.05) is 66.2 Å². The molecule has 1 heterocycles. The second-order valence-corrected chi connectivity index (χ2v) is 17.9. The van der Waals surface area contributed by atoms with E-state index in [1.54, 1.807) is 36.0 Å². The molecule has 1 aliphatic rings. The summed E-state index contributed by atoms with van der Waals surface area (Å²) in [7, 11) is -0.522. The van der Waals surface area contributed by atoms with Crippen molar-refractivity contribution in [2.45, 2.75) is 35.2 Å². The highest BCUT2D eigenvalue weighted by Crippen LogP contribution is 2.34. The molecule has 298 valence electrons. The van der Waals surface area contributed by atoms with E-state index in [2.05, 4.69) is 38.0 Å². The van der Waals surface area contributed by atoms with Gasteiger partial charge in [0.15, 0.2) is 0 Å². The van der Waals surface area contributed by atoms with Crippen LogP contribution in [0.2, 0.25) is 5.02 Å². The molecule has 11 nitrogen and oxygen atoms in total. The van der Waals surface area contributed by atoms with Gasteiger partial charge in [0.25, 0.3) is 21.6 Å². The van der Waals surface area contributed by atoms with Gasteiger partial charge in [0, 0.05) is 71.3 Å². The zero-order valence-electron chi connectivity index (χ0n) is 32.2. The quantitative estimate of drug-likeness (QED) is 0.0570. The number of nitrogens with zero attached hydrogens (tertiary/aromatic N) is 4. The first-order valence-corrected chi connectivity index (χ1v) is 21.5. The lowest BCUT2D eigenvalue weighted by Gasteiger charge is -2.36. The van der Waals surface area contributed by atoms with Gasteiger partial charge < -0.3 is 15.1 Å². The van der Waals surface area contributed by atoms with Crippen molar-refractivity contribution >= 4 is 56.4 Å². The number of nitro groups is 1. The Morgan fingerprint density at radius 1 is 0.895 bits per heavy atom. The van der Waals surface area contributed by atoms with Crippen molar-refractivity contribution in [2.24, 2.45) is 0 Å². The minimum atomic E-state index is -4.44. The number of sulfonamides is 1. The highest BCUT2D eigenvalue weighted by molar-refractivity contribution is 7.99. The fourth-order valence-electron chi connectivity index (χ4n) is 6.72. The molecule has 1 aliphatic heterocycles. The van der Waals surface area contributed by atoms with E-state index in [4.69, 9.17) is 11.6 Å². The monoisotopic (exact) mass is 826 g/mol. The number of nitrogens with one attached hydrogen (secondary N) is 2. The first-order valence-electron chi connectivity index (χ1n) is 18.7. The Morgan fingerprint density at radius 3 is 2.21 bits per heavy atom. The maximum atomic E-state index is 13.4. The van der Waals surface area contributed by atoms with Crippen molar-refractivity contribution < 1.29 is 18.1 Å². The average Bonchev–Trinajstić information content (AvgIpc) is 3.20. The largest absolute Gasteiger partial charge is 0.373 e. The van der Waals surface area contributed by atoms with E-state index in [0.29, 0.717) is 17.2 Å². The van der Waals surface area contributed by atoms with Crippen LogP contribution in [-0.2, 0) is 16.6 Å². The molecule has 2 N–H and O–H groups in total. The lowest BCUT2D eigenvalue weighted by Crippen LogP contribution is -2.46. The Morgan fingerprint density at radius 2 is 1.56 bits per heavy atom. The van der Waals surface area contributed by atoms with Gasteiger partial charge in [0.05, 0.1) is 9.82 Å². The summed E-state index contributed by atoms with van der Waals surface area (Å²) in [6, 6.07) is 36.6. The van der Waals surface area contributed by atoms with Crippen molar-refractivity contribution in [1.29, 1.82) is 0 Å². The number of nitro benzene ring substituents is 1. The standard InChI is InChI=1S/C43H47ClN6O5S2/c1-43(22-23-47(2)3,31-56-37-12-8-5-9-13-37)45-40-21-19-38(29-41(40)50(52)53)57(54,55)46-42(51)33-14-17-36(18-15-33)49-26-24-48(25-27-49)30-34-28-35(44)16-20-39(34)32-10-6-4-7-11-32/h4-21,28-29,45H,22-27,30-31H2,1-3H3,(H,46,51)/t43-/m0/s1. The second-order valence-electron chi connectivity index (χ2n) is 14.7. The first kappa shape index (κ1) is 41.7. The third kappa shape index (κ3) is 11.1. The number of carbonyl (C=O) groups excluding carboxylic acids is 1. The summed E-state index contributed by atoms with van der Waals surface area (Å²) in [4.78, 5) is 32.2. The van der Waals surface area contributed by atoms with Crippen molar-refractivity contribution in [1.82, 2.24) is 14.5 Å². The number of halogens is 1. The molecule has 0 bridgehead atoms. The second kappa shape index (κ2) is 18.6. The number of hydrogen-bond donors (Lipinski definition) is 2. The van der Waals surface area contributed by atoms with Gasteiger partial charge in [0.1, 0.15) is 5.69 Å². The van der Waals surface area contributed by atoms with Crippen molar-refractivity contribution in [3.8, 4) is 11.1 Å². The Balaban J connectivity index is 1.08. The fraction of sp³-hybridized carbons (Fsp3) is 0.279. The lowest BCUT2D eigenvalue weighted by atomic mass is 9.99. The molecule has 1 atom stereocenters. The average molecular weight is 827 g/mol. The smallest absolute Gasteiger partial charge is 0.293 e. The maximum Gasteiger partial charge on any atom is 0.293 e. The van der Waals surface area contributed by atoms with Crippen LogP contribution in [0.1, 0.15) is 29.3 Å². The molecule has 0 unspecified atom stereocenters. The molecule has 14 heteroatoms. The van der Waals surface area contributed by atoms with Gasteiger partial charge in [-0.2, -0.15) is 0 Å². The van der Waals surface area contributed by atoms with Gasteiger partial charge in [0.2, 0.25) is 0 Å². The molecule has 0 aliphatic carbocycles. The van der Waals surface area contributed by atoms with Crippen LogP contribution < -0.4 is 14.9 Å². The first-order chi connectivity index (χ1) is 27.3. The highest BCUT2D eigenvalue weighted by Gasteiger charge is 2.30. The summed E-state index contributed by atoms with van der Waals surface area (Å²) in [5, 5.41) is 16.3.